The molecular weight excluding hydrogens is 314 g/mol. The summed E-state index contributed by atoms with van der Waals surface area (Å²) in [5.74, 6) is 0.619. The number of halogens is 1. The first-order valence-corrected chi connectivity index (χ1v) is 8.30. The quantitative estimate of drug-likeness (QED) is 0.806. The van der Waals surface area contributed by atoms with Gasteiger partial charge < -0.3 is 9.64 Å². The molecule has 0 aliphatic carbocycles. The highest BCUT2D eigenvalue weighted by molar-refractivity contribution is 6.31. The Morgan fingerprint density at radius 1 is 1.43 bits per heavy atom. The van der Waals surface area contributed by atoms with Gasteiger partial charge in [0.15, 0.2) is 0 Å². The van der Waals surface area contributed by atoms with Gasteiger partial charge in [-0.15, -0.1) is 0 Å². The molecule has 1 saturated heterocycles. The molecule has 6 heteroatoms. The van der Waals surface area contributed by atoms with E-state index in [0.717, 1.165) is 41.7 Å². The number of aryl methyl sites for hydroxylation is 1. The van der Waals surface area contributed by atoms with Crippen LogP contribution in [-0.4, -0.2) is 35.6 Å². The first kappa shape index (κ1) is 16.0. The number of benzene rings is 1. The van der Waals surface area contributed by atoms with Crippen molar-refractivity contribution in [3.63, 3.8) is 0 Å². The van der Waals surface area contributed by atoms with Gasteiger partial charge in [-0.25, -0.2) is 9.97 Å². The van der Waals surface area contributed by atoms with Gasteiger partial charge in [-0.3, -0.25) is 4.79 Å². The molecule has 0 spiro atoms. The van der Waals surface area contributed by atoms with Crippen molar-refractivity contribution in [3.05, 3.63) is 29.0 Å². The normalized spacial score (nSPS) is 18.2. The van der Waals surface area contributed by atoms with Crippen molar-refractivity contribution < 1.29 is 9.53 Å². The lowest BCUT2D eigenvalue weighted by molar-refractivity contribution is -0.148. The van der Waals surface area contributed by atoms with Gasteiger partial charge in [-0.1, -0.05) is 11.6 Å². The Kier molecular flexibility index (Phi) is 4.66. The summed E-state index contributed by atoms with van der Waals surface area (Å²) in [6, 6.07) is 3.80. The lowest BCUT2D eigenvalue weighted by atomic mass is 9.98. The van der Waals surface area contributed by atoms with Crippen LogP contribution < -0.4 is 4.90 Å². The fraction of sp³-hybridized carbons (Fsp3) is 0.471. The number of esters is 1. The lowest BCUT2D eigenvalue weighted by Crippen LogP contribution is -2.40. The van der Waals surface area contributed by atoms with Crippen LogP contribution in [-0.2, 0) is 9.53 Å². The minimum atomic E-state index is -0.121. The molecule has 0 saturated carbocycles. The third kappa shape index (κ3) is 3.24. The molecule has 0 N–H and O–H groups in total. The highest BCUT2D eigenvalue weighted by Crippen LogP contribution is 2.31. The summed E-state index contributed by atoms with van der Waals surface area (Å²) in [5, 5.41) is 1.60. The fourth-order valence-electron chi connectivity index (χ4n) is 3.16. The number of fused-ring (bicyclic) bond motifs is 1. The van der Waals surface area contributed by atoms with Gasteiger partial charge >= 0.3 is 5.97 Å². The third-order valence-corrected chi connectivity index (χ3v) is 4.43. The second-order valence-corrected chi connectivity index (χ2v) is 6.29. The number of rotatable bonds is 3. The number of piperidine rings is 1. The second-order valence-electron chi connectivity index (χ2n) is 5.85. The van der Waals surface area contributed by atoms with E-state index in [0.29, 0.717) is 18.2 Å². The van der Waals surface area contributed by atoms with E-state index in [9.17, 15) is 4.79 Å². The second kappa shape index (κ2) is 6.71. The van der Waals surface area contributed by atoms with Crippen LogP contribution in [0.25, 0.3) is 10.9 Å². The zero-order chi connectivity index (χ0) is 16.4. The van der Waals surface area contributed by atoms with Gasteiger partial charge in [0.1, 0.15) is 12.1 Å². The van der Waals surface area contributed by atoms with Crippen LogP contribution in [0.1, 0.15) is 25.3 Å². The van der Waals surface area contributed by atoms with Gasteiger partial charge in [0.05, 0.1) is 18.0 Å². The van der Waals surface area contributed by atoms with Crippen LogP contribution in [0.4, 0.5) is 5.82 Å². The molecule has 1 atom stereocenters. The van der Waals surface area contributed by atoms with Crippen molar-refractivity contribution >= 4 is 34.3 Å². The summed E-state index contributed by atoms with van der Waals surface area (Å²) in [7, 11) is 0. The minimum Gasteiger partial charge on any atom is -0.466 e. The Balaban J connectivity index is 1.95. The van der Waals surface area contributed by atoms with Crippen molar-refractivity contribution in [2.24, 2.45) is 5.92 Å². The van der Waals surface area contributed by atoms with E-state index in [-0.39, 0.29) is 11.9 Å². The van der Waals surface area contributed by atoms with Gasteiger partial charge in [0.25, 0.3) is 0 Å². The Bertz CT molecular complexity index is 735. The molecule has 122 valence electrons. The SMILES string of the molecule is CCOC(=O)C1CCCN(c2ncnc3c(C)cc(Cl)cc23)C1. The van der Waals surface area contributed by atoms with Crippen molar-refractivity contribution in [3.8, 4) is 0 Å². The number of carbonyl (C=O) groups excluding carboxylic acids is 1. The summed E-state index contributed by atoms with van der Waals surface area (Å²) < 4.78 is 5.17. The van der Waals surface area contributed by atoms with E-state index >= 15 is 0 Å². The topological polar surface area (TPSA) is 55.3 Å². The van der Waals surface area contributed by atoms with Gasteiger partial charge in [0, 0.05) is 23.5 Å². The molecule has 2 heterocycles. The summed E-state index contributed by atoms with van der Waals surface area (Å²) in [4.78, 5) is 23.0. The number of aromatic nitrogens is 2. The molecule has 0 amide bonds. The van der Waals surface area contributed by atoms with Gasteiger partial charge in [-0.2, -0.15) is 0 Å². The zero-order valence-electron chi connectivity index (χ0n) is 13.4. The van der Waals surface area contributed by atoms with Gasteiger partial charge in [0.2, 0.25) is 0 Å². The van der Waals surface area contributed by atoms with E-state index in [4.69, 9.17) is 16.3 Å². The van der Waals surface area contributed by atoms with Crippen LogP contribution in [0.3, 0.4) is 0 Å². The molecule has 1 fully saturated rings. The lowest BCUT2D eigenvalue weighted by Gasteiger charge is -2.33. The number of hydrogen-bond donors (Lipinski definition) is 0. The van der Waals surface area contributed by atoms with E-state index in [1.54, 1.807) is 6.33 Å². The largest absolute Gasteiger partial charge is 0.466 e. The average molecular weight is 334 g/mol. The number of anilines is 1. The van der Waals surface area contributed by atoms with E-state index in [2.05, 4.69) is 14.9 Å². The van der Waals surface area contributed by atoms with Gasteiger partial charge in [-0.05, 0) is 44.4 Å². The smallest absolute Gasteiger partial charge is 0.310 e. The molecule has 1 aliphatic heterocycles. The molecular formula is C17H20ClN3O2. The zero-order valence-corrected chi connectivity index (χ0v) is 14.1. The maximum absolute atomic E-state index is 12.0. The Hall–Kier alpha value is -1.88. The number of nitrogens with zero attached hydrogens (tertiary/aromatic N) is 3. The van der Waals surface area contributed by atoms with E-state index < -0.39 is 0 Å². The first-order valence-electron chi connectivity index (χ1n) is 7.92. The van der Waals surface area contributed by atoms with Crippen LogP contribution in [0.15, 0.2) is 18.5 Å². The molecule has 5 nitrogen and oxygen atoms in total. The van der Waals surface area contributed by atoms with Crippen LogP contribution >= 0.6 is 11.6 Å². The van der Waals surface area contributed by atoms with Crippen LogP contribution in [0, 0.1) is 12.8 Å². The molecule has 3 rings (SSSR count). The fourth-order valence-corrected chi connectivity index (χ4v) is 3.43. The van der Waals surface area contributed by atoms with Crippen LogP contribution in [0.5, 0.6) is 0 Å². The van der Waals surface area contributed by atoms with Crippen molar-refractivity contribution in [2.45, 2.75) is 26.7 Å². The molecule has 2 aromatic rings. The Morgan fingerprint density at radius 3 is 3.04 bits per heavy atom. The van der Waals surface area contributed by atoms with Crippen molar-refractivity contribution in [1.82, 2.24) is 9.97 Å². The van der Waals surface area contributed by atoms with E-state index in [1.807, 2.05) is 26.0 Å². The Morgan fingerprint density at radius 2 is 2.26 bits per heavy atom. The molecule has 23 heavy (non-hydrogen) atoms. The molecule has 1 aromatic heterocycles. The highest BCUT2D eigenvalue weighted by atomic mass is 35.5. The maximum Gasteiger partial charge on any atom is 0.310 e. The van der Waals surface area contributed by atoms with Crippen LogP contribution in [0.2, 0.25) is 5.02 Å². The molecule has 1 aliphatic rings. The summed E-state index contributed by atoms with van der Waals surface area (Å²) >= 11 is 6.21. The Labute approximate surface area is 140 Å². The van der Waals surface area contributed by atoms with Crippen molar-refractivity contribution in [1.29, 1.82) is 0 Å². The number of carbonyl (C=O) groups is 1. The number of ether oxygens (including phenoxy) is 1. The third-order valence-electron chi connectivity index (χ3n) is 4.21. The predicted octanol–water partition coefficient (Wildman–Crippen LogP) is 3.37. The monoisotopic (exact) mass is 333 g/mol. The molecule has 0 radical (unpaired) electrons. The molecule has 1 aromatic carbocycles. The highest BCUT2D eigenvalue weighted by Gasteiger charge is 2.28. The first-order chi connectivity index (χ1) is 11.1. The number of hydrogen-bond acceptors (Lipinski definition) is 5. The summed E-state index contributed by atoms with van der Waals surface area (Å²) in [6.07, 6.45) is 3.37. The van der Waals surface area contributed by atoms with Crippen molar-refractivity contribution in [2.75, 3.05) is 24.6 Å². The average Bonchev–Trinajstić information content (AvgIpc) is 2.54. The molecule has 1 unspecified atom stereocenters. The summed E-state index contributed by atoms with van der Waals surface area (Å²) in [6.45, 7) is 5.73. The van der Waals surface area contributed by atoms with E-state index in [1.165, 1.54) is 0 Å². The minimum absolute atomic E-state index is 0.103. The molecule has 0 bridgehead atoms. The standard InChI is InChI=1S/C17H20ClN3O2/c1-3-23-17(22)12-5-4-6-21(9-12)16-14-8-13(18)7-11(2)15(14)19-10-20-16/h7-8,10,12H,3-6,9H2,1-2H3. The predicted molar refractivity (Wildman–Crippen MR) is 90.9 cm³/mol. The summed E-state index contributed by atoms with van der Waals surface area (Å²) in [5.41, 5.74) is 1.92. The maximum atomic E-state index is 12.0.